The Labute approximate surface area is 134 Å². The SMILES string of the molecule is CN1CCCC1c1ccc[n+](C2OC(C(=O)O)=CC(O)C2O)c1. The summed E-state index contributed by atoms with van der Waals surface area (Å²) in [5.41, 5.74) is 1.07. The number of pyridine rings is 1. The third kappa shape index (κ3) is 3.08. The molecular weight excluding hydrogens is 300 g/mol. The van der Waals surface area contributed by atoms with Crippen LogP contribution in [-0.2, 0) is 9.53 Å². The first-order valence-electron chi connectivity index (χ1n) is 7.66. The average Bonchev–Trinajstić information content (AvgIpc) is 2.96. The van der Waals surface area contributed by atoms with E-state index in [1.807, 2.05) is 18.3 Å². The Hall–Kier alpha value is -1.96. The predicted molar refractivity (Wildman–Crippen MR) is 79.1 cm³/mol. The first-order valence-corrected chi connectivity index (χ1v) is 7.66. The number of carboxylic acid groups (broad SMARTS) is 1. The molecule has 7 nitrogen and oxygen atoms in total. The average molecular weight is 321 g/mol. The van der Waals surface area contributed by atoms with Gasteiger partial charge in [0.25, 0.3) is 0 Å². The van der Waals surface area contributed by atoms with E-state index >= 15 is 0 Å². The molecule has 4 unspecified atom stereocenters. The minimum Gasteiger partial charge on any atom is -0.475 e. The van der Waals surface area contributed by atoms with Crippen LogP contribution in [0, 0.1) is 0 Å². The van der Waals surface area contributed by atoms with Crippen molar-refractivity contribution in [3.05, 3.63) is 41.9 Å². The van der Waals surface area contributed by atoms with E-state index in [2.05, 4.69) is 11.9 Å². The minimum atomic E-state index is -1.29. The van der Waals surface area contributed by atoms with Gasteiger partial charge >= 0.3 is 12.2 Å². The summed E-state index contributed by atoms with van der Waals surface area (Å²) in [6.45, 7) is 1.03. The molecule has 1 fully saturated rings. The summed E-state index contributed by atoms with van der Waals surface area (Å²) in [7, 11) is 2.07. The smallest absolute Gasteiger partial charge is 0.371 e. The van der Waals surface area contributed by atoms with Crippen molar-refractivity contribution in [1.82, 2.24) is 4.90 Å². The number of aliphatic hydroxyl groups is 2. The number of hydrogen-bond acceptors (Lipinski definition) is 5. The Kier molecular flexibility index (Phi) is 4.34. The van der Waals surface area contributed by atoms with Crippen LogP contribution in [0.15, 0.2) is 36.4 Å². The van der Waals surface area contributed by atoms with Crippen molar-refractivity contribution < 1.29 is 29.4 Å². The number of ether oxygens (including phenoxy) is 1. The number of rotatable bonds is 3. The molecule has 4 atom stereocenters. The largest absolute Gasteiger partial charge is 0.475 e. The van der Waals surface area contributed by atoms with Crippen molar-refractivity contribution in [2.24, 2.45) is 0 Å². The molecule has 0 amide bonds. The highest BCUT2D eigenvalue weighted by atomic mass is 16.5. The van der Waals surface area contributed by atoms with Crippen LogP contribution in [0.1, 0.15) is 30.7 Å². The van der Waals surface area contributed by atoms with Crippen molar-refractivity contribution >= 4 is 5.97 Å². The third-order valence-electron chi connectivity index (χ3n) is 4.47. The Morgan fingerprint density at radius 3 is 2.87 bits per heavy atom. The number of likely N-dealkylation sites (tertiary alicyclic amines) is 1. The molecule has 2 aliphatic heterocycles. The predicted octanol–water partition coefficient (Wildman–Crippen LogP) is -0.0401. The fraction of sp³-hybridized carbons (Fsp3) is 0.500. The van der Waals surface area contributed by atoms with Crippen molar-refractivity contribution in [3.8, 4) is 0 Å². The lowest BCUT2D eigenvalue weighted by molar-refractivity contribution is -0.769. The van der Waals surface area contributed by atoms with Crippen LogP contribution in [0.4, 0.5) is 0 Å². The number of carbonyl (C=O) groups is 1. The number of aliphatic carboxylic acids is 1. The fourth-order valence-electron chi connectivity index (χ4n) is 3.22. The molecule has 7 heteroatoms. The summed E-state index contributed by atoms with van der Waals surface area (Å²) in [5.74, 6) is -1.63. The minimum absolute atomic E-state index is 0.294. The second-order valence-electron chi connectivity index (χ2n) is 6.05. The zero-order chi connectivity index (χ0) is 16.6. The van der Waals surface area contributed by atoms with Gasteiger partial charge in [0, 0.05) is 17.7 Å². The van der Waals surface area contributed by atoms with E-state index in [1.165, 1.54) is 0 Å². The van der Waals surface area contributed by atoms with Crippen LogP contribution in [0.3, 0.4) is 0 Å². The van der Waals surface area contributed by atoms with Crippen molar-refractivity contribution in [3.63, 3.8) is 0 Å². The molecule has 3 rings (SSSR count). The van der Waals surface area contributed by atoms with Gasteiger partial charge in [-0.15, -0.1) is 0 Å². The highest BCUT2D eigenvalue weighted by Gasteiger charge is 2.41. The van der Waals surface area contributed by atoms with Crippen LogP contribution in [0.2, 0.25) is 0 Å². The molecule has 124 valence electrons. The van der Waals surface area contributed by atoms with E-state index in [9.17, 15) is 15.0 Å². The number of aromatic nitrogens is 1. The fourth-order valence-corrected chi connectivity index (χ4v) is 3.22. The van der Waals surface area contributed by atoms with Gasteiger partial charge in [-0.3, -0.25) is 4.90 Å². The standard InChI is InChI=1S/C16H20N2O5/c1-17-6-3-5-11(17)10-4-2-7-18(9-10)15-14(20)12(19)8-13(23-15)16(21)22/h2,4,7-9,11-12,14-15,19-20H,3,5-6H2,1H3/p+1. The van der Waals surface area contributed by atoms with E-state index in [-0.39, 0.29) is 5.76 Å². The van der Waals surface area contributed by atoms with Crippen LogP contribution >= 0.6 is 0 Å². The highest BCUT2D eigenvalue weighted by molar-refractivity contribution is 5.84. The molecule has 0 saturated carbocycles. The number of hydrogen-bond donors (Lipinski definition) is 3. The number of carboxylic acids is 1. The van der Waals surface area contributed by atoms with Gasteiger partial charge in [-0.25, -0.2) is 4.79 Å². The molecule has 3 heterocycles. The van der Waals surface area contributed by atoms with Crippen LogP contribution < -0.4 is 4.57 Å². The summed E-state index contributed by atoms with van der Waals surface area (Å²) in [4.78, 5) is 13.4. The van der Waals surface area contributed by atoms with Gasteiger partial charge in [-0.1, -0.05) is 0 Å². The molecule has 0 radical (unpaired) electrons. The lowest BCUT2D eigenvalue weighted by Gasteiger charge is -2.27. The normalized spacial score (nSPS) is 31.5. The van der Waals surface area contributed by atoms with Crippen molar-refractivity contribution in [2.45, 2.75) is 37.3 Å². The summed E-state index contributed by atoms with van der Waals surface area (Å²) in [6, 6.07) is 4.13. The van der Waals surface area contributed by atoms with Gasteiger partial charge in [-0.2, -0.15) is 4.57 Å². The van der Waals surface area contributed by atoms with Crippen LogP contribution in [-0.4, -0.2) is 52.0 Å². The van der Waals surface area contributed by atoms with Gasteiger partial charge in [-0.05, 0) is 38.6 Å². The van der Waals surface area contributed by atoms with Gasteiger partial charge in [0.05, 0.1) is 0 Å². The molecule has 3 N–H and O–H groups in total. The maximum Gasteiger partial charge on any atom is 0.371 e. The zero-order valence-corrected chi connectivity index (χ0v) is 12.9. The molecule has 1 aromatic rings. The monoisotopic (exact) mass is 321 g/mol. The first-order chi connectivity index (χ1) is 11.0. The van der Waals surface area contributed by atoms with E-state index in [1.54, 1.807) is 10.8 Å². The second-order valence-corrected chi connectivity index (χ2v) is 6.05. The van der Waals surface area contributed by atoms with Gasteiger partial charge in [0.15, 0.2) is 18.5 Å². The molecule has 2 aliphatic rings. The zero-order valence-electron chi connectivity index (χ0n) is 12.9. The lowest BCUT2D eigenvalue weighted by Crippen LogP contribution is -2.53. The summed E-state index contributed by atoms with van der Waals surface area (Å²) < 4.78 is 6.98. The summed E-state index contributed by atoms with van der Waals surface area (Å²) >= 11 is 0. The first kappa shape index (κ1) is 15.9. The number of nitrogens with zero attached hydrogens (tertiary/aromatic N) is 2. The molecule has 1 saturated heterocycles. The Balaban J connectivity index is 1.89. The molecule has 0 aromatic carbocycles. The van der Waals surface area contributed by atoms with E-state index in [4.69, 9.17) is 9.84 Å². The molecule has 0 aliphatic carbocycles. The topological polar surface area (TPSA) is 94.1 Å². The molecule has 23 heavy (non-hydrogen) atoms. The van der Waals surface area contributed by atoms with Crippen LogP contribution in [0.5, 0.6) is 0 Å². The molecule has 0 spiro atoms. The van der Waals surface area contributed by atoms with E-state index < -0.39 is 24.4 Å². The van der Waals surface area contributed by atoms with E-state index in [0.717, 1.165) is 31.0 Å². The molecule has 0 bridgehead atoms. The van der Waals surface area contributed by atoms with Crippen molar-refractivity contribution in [1.29, 1.82) is 0 Å². The number of aliphatic hydroxyl groups excluding tert-OH is 2. The molecule has 1 aromatic heterocycles. The lowest BCUT2D eigenvalue weighted by atomic mass is 10.1. The Morgan fingerprint density at radius 1 is 1.43 bits per heavy atom. The maximum absolute atomic E-state index is 11.1. The van der Waals surface area contributed by atoms with Gasteiger partial charge < -0.3 is 20.1 Å². The van der Waals surface area contributed by atoms with Gasteiger partial charge in [0.1, 0.15) is 6.10 Å². The third-order valence-corrected chi connectivity index (χ3v) is 4.47. The van der Waals surface area contributed by atoms with E-state index in [0.29, 0.717) is 6.04 Å². The highest BCUT2D eigenvalue weighted by Crippen LogP contribution is 2.30. The Morgan fingerprint density at radius 2 is 2.22 bits per heavy atom. The quantitative estimate of drug-likeness (QED) is 0.677. The summed E-state index contributed by atoms with van der Waals surface area (Å²) in [5, 5.41) is 29.1. The Bertz CT molecular complexity index is 633. The van der Waals surface area contributed by atoms with Gasteiger partial charge in [0.2, 0.25) is 5.76 Å². The second kappa shape index (κ2) is 6.27. The molecular formula is C16H21N2O5+. The van der Waals surface area contributed by atoms with Crippen molar-refractivity contribution in [2.75, 3.05) is 13.6 Å². The summed E-state index contributed by atoms with van der Waals surface area (Å²) in [6.07, 6.45) is 3.23. The maximum atomic E-state index is 11.1. The van der Waals surface area contributed by atoms with Crippen LogP contribution in [0.25, 0.3) is 0 Å².